The minimum atomic E-state index is -0.437. The van der Waals surface area contributed by atoms with Gasteiger partial charge in [0.25, 0.3) is 5.69 Å². The summed E-state index contributed by atoms with van der Waals surface area (Å²) in [6.07, 6.45) is 4.52. The lowest BCUT2D eigenvalue weighted by molar-refractivity contribution is -0.384. The van der Waals surface area contributed by atoms with E-state index in [1.807, 2.05) is 18.2 Å². The van der Waals surface area contributed by atoms with Crippen LogP contribution in [0.4, 0.5) is 5.69 Å². The molecule has 0 aliphatic carbocycles. The van der Waals surface area contributed by atoms with Gasteiger partial charge in [-0.15, -0.1) is 0 Å². The Morgan fingerprint density at radius 3 is 2.58 bits per heavy atom. The molecular formula is C19H16INO5. The second-order valence-electron chi connectivity index (χ2n) is 5.15. The van der Waals surface area contributed by atoms with Crippen molar-refractivity contribution in [2.75, 3.05) is 6.61 Å². The molecule has 0 aromatic heterocycles. The highest BCUT2D eigenvalue weighted by Crippen LogP contribution is 2.24. The van der Waals surface area contributed by atoms with Crippen LogP contribution in [-0.2, 0) is 16.1 Å². The molecule has 0 spiro atoms. The van der Waals surface area contributed by atoms with Gasteiger partial charge < -0.3 is 9.47 Å². The van der Waals surface area contributed by atoms with Crippen LogP contribution in [0.5, 0.6) is 5.75 Å². The van der Waals surface area contributed by atoms with E-state index in [9.17, 15) is 14.9 Å². The third-order valence-electron chi connectivity index (χ3n) is 3.25. The molecular weight excluding hydrogens is 449 g/mol. The van der Waals surface area contributed by atoms with E-state index in [2.05, 4.69) is 29.2 Å². The highest BCUT2D eigenvalue weighted by molar-refractivity contribution is 14.1. The number of rotatable bonds is 8. The number of nitrogens with zero attached hydrogens (tertiary/aromatic N) is 1. The number of non-ortho nitro benzene ring substituents is 1. The molecule has 0 fully saturated rings. The smallest absolute Gasteiger partial charge is 0.331 e. The molecule has 0 atom stereocenters. The molecule has 7 heteroatoms. The Morgan fingerprint density at radius 2 is 1.96 bits per heavy atom. The third-order valence-corrected chi connectivity index (χ3v) is 4.10. The van der Waals surface area contributed by atoms with Crippen LogP contribution in [0.1, 0.15) is 11.1 Å². The summed E-state index contributed by atoms with van der Waals surface area (Å²) in [5.41, 5.74) is 1.72. The van der Waals surface area contributed by atoms with Gasteiger partial charge in [-0.05, 0) is 64.1 Å². The minimum absolute atomic E-state index is 0.0473. The molecule has 0 heterocycles. The molecule has 0 aliphatic heterocycles. The number of benzene rings is 2. The second kappa shape index (κ2) is 9.71. The number of hydrogen-bond acceptors (Lipinski definition) is 5. The van der Waals surface area contributed by atoms with Gasteiger partial charge in [0, 0.05) is 18.2 Å². The third kappa shape index (κ3) is 5.99. The largest absolute Gasteiger partial charge is 0.488 e. The van der Waals surface area contributed by atoms with Crippen molar-refractivity contribution in [3.8, 4) is 5.75 Å². The molecule has 2 aromatic rings. The number of hydrogen-bond donors (Lipinski definition) is 0. The zero-order valence-corrected chi connectivity index (χ0v) is 15.9. The van der Waals surface area contributed by atoms with Crippen molar-refractivity contribution in [2.24, 2.45) is 0 Å². The molecule has 26 heavy (non-hydrogen) atoms. The van der Waals surface area contributed by atoms with Crippen molar-refractivity contribution >= 4 is 40.3 Å². The summed E-state index contributed by atoms with van der Waals surface area (Å²) < 4.78 is 11.5. The van der Waals surface area contributed by atoms with E-state index >= 15 is 0 Å². The van der Waals surface area contributed by atoms with Gasteiger partial charge in [-0.2, -0.15) is 0 Å². The summed E-state index contributed by atoms with van der Waals surface area (Å²) in [5.74, 6) is 0.258. The predicted molar refractivity (Wildman–Crippen MR) is 107 cm³/mol. The SMILES string of the molecule is C=CCOC(=O)/C=C/c1ccc(OCc2ccc([N+](=O)[O-])cc2)c(I)c1. The van der Waals surface area contributed by atoms with E-state index in [1.165, 1.54) is 24.3 Å². The van der Waals surface area contributed by atoms with Crippen molar-refractivity contribution in [3.63, 3.8) is 0 Å². The summed E-state index contributed by atoms with van der Waals surface area (Å²) >= 11 is 2.14. The van der Waals surface area contributed by atoms with E-state index in [1.54, 1.807) is 18.2 Å². The number of nitro benzene ring substituents is 1. The maximum Gasteiger partial charge on any atom is 0.331 e. The van der Waals surface area contributed by atoms with Crippen LogP contribution in [0.3, 0.4) is 0 Å². The lowest BCUT2D eigenvalue weighted by Crippen LogP contribution is -1.99. The standard InChI is InChI=1S/C19H16INO5/c1-2-11-25-19(22)10-6-14-5-9-18(17(20)12-14)26-13-15-3-7-16(8-4-15)21(23)24/h2-10,12H,1,11,13H2/b10-6+. The first kappa shape index (κ1) is 19.6. The second-order valence-corrected chi connectivity index (χ2v) is 6.32. The Hall–Kier alpha value is -2.68. The molecule has 0 radical (unpaired) electrons. The number of carbonyl (C=O) groups excluding carboxylic acids is 1. The van der Waals surface area contributed by atoms with E-state index in [4.69, 9.17) is 9.47 Å². The first-order valence-corrected chi connectivity index (χ1v) is 8.69. The molecule has 134 valence electrons. The molecule has 2 aromatic carbocycles. The maximum atomic E-state index is 11.4. The zero-order chi connectivity index (χ0) is 18.9. The Labute approximate surface area is 164 Å². The summed E-state index contributed by atoms with van der Waals surface area (Å²) in [5, 5.41) is 10.6. The number of halogens is 1. The van der Waals surface area contributed by atoms with Gasteiger partial charge in [0.1, 0.15) is 19.0 Å². The van der Waals surface area contributed by atoms with E-state index in [-0.39, 0.29) is 12.3 Å². The average Bonchev–Trinajstić information content (AvgIpc) is 2.64. The van der Waals surface area contributed by atoms with Crippen molar-refractivity contribution in [2.45, 2.75) is 6.61 Å². The number of ether oxygens (including phenoxy) is 2. The molecule has 0 saturated heterocycles. The lowest BCUT2D eigenvalue weighted by Gasteiger charge is -2.09. The van der Waals surface area contributed by atoms with Crippen LogP contribution in [0.2, 0.25) is 0 Å². The lowest BCUT2D eigenvalue weighted by atomic mass is 10.2. The Morgan fingerprint density at radius 1 is 1.23 bits per heavy atom. The van der Waals surface area contributed by atoms with Crippen molar-refractivity contribution in [1.82, 2.24) is 0 Å². The highest BCUT2D eigenvalue weighted by Gasteiger charge is 2.06. The summed E-state index contributed by atoms with van der Waals surface area (Å²) in [4.78, 5) is 21.6. The van der Waals surface area contributed by atoms with Gasteiger partial charge in [-0.3, -0.25) is 10.1 Å². The number of nitro groups is 1. The van der Waals surface area contributed by atoms with Crippen LogP contribution in [0.25, 0.3) is 6.08 Å². The van der Waals surface area contributed by atoms with Gasteiger partial charge in [0.15, 0.2) is 0 Å². The number of esters is 1. The van der Waals surface area contributed by atoms with Gasteiger partial charge >= 0.3 is 5.97 Å². The topological polar surface area (TPSA) is 78.7 Å². The van der Waals surface area contributed by atoms with Crippen LogP contribution in [0, 0.1) is 13.7 Å². The first-order chi connectivity index (χ1) is 12.5. The molecule has 0 bridgehead atoms. The first-order valence-electron chi connectivity index (χ1n) is 7.61. The summed E-state index contributed by atoms with van der Waals surface area (Å²) in [6, 6.07) is 11.7. The molecule has 0 saturated carbocycles. The number of carbonyl (C=O) groups is 1. The predicted octanol–water partition coefficient (Wildman–Crippen LogP) is 4.52. The van der Waals surface area contributed by atoms with Gasteiger partial charge in [0.05, 0.1) is 8.49 Å². The molecule has 2 rings (SSSR count). The minimum Gasteiger partial charge on any atom is -0.488 e. The van der Waals surface area contributed by atoms with Crippen LogP contribution in [-0.4, -0.2) is 17.5 Å². The fourth-order valence-electron chi connectivity index (χ4n) is 1.97. The Bertz CT molecular complexity index is 830. The fourth-order valence-corrected chi connectivity index (χ4v) is 2.66. The van der Waals surface area contributed by atoms with Crippen molar-refractivity contribution in [3.05, 3.63) is 86.0 Å². The fraction of sp³-hybridized carbons (Fsp3) is 0.105. The van der Waals surface area contributed by atoms with Gasteiger partial charge in [-0.25, -0.2) is 4.79 Å². The quantitative estimate of drug-likeness (QED) is 0.143. The molecule has 0 aliphatic rings. The Kier molecular flexibility index (Phi) is 7.34. The van der Waals surface area contributed by atoms with E-state index in [0.717, 1.165) is 14.7 Å². The van der Waals surface area contributed by atoms with Gasteiger partial charge in [-0.1, -0.05) is 18.7 Å². The highest BCUT2D eigenvalue weighted by atomic mass is 127. The van der Waals surface area contributed by atoms with Crippen LogP contribution in [0.15, 0.2) is 61.2 Å². The molecule has 0 unspecified atom stereocenters. The van der Waals surface area contributed by atoms with E-state index < -0.39 is 10.9 Å². The molecule has 6 nitrogen and oxygen atoms in total. The molecule has 0 amide bonds. The maximum absolute atomic E-state index is 11.4. The van der Waals surface area contributed by atoms with Crippen molar-refractivity contribution in [1.29, 1.82) is 0 Å². The Balaban J connectivity index is 1.96. The average molecular weight is 465 g/mol. The van der Waals surface area contributed by atoms with E-state index in [0.29, 0.717) is 12.4 Å². The monoisotopic (exact) mass is 465 g/mol. The van der Waals surface area contributed by atoms with Crippen LogP contribution >= 0.6 is 22.6 Å². The summed E-state index contributed by atoms with van der Waals surface area (Å²) in [6.45, 7) is 3.96. The van der Waals surface area contributed by atoms with Crippen LogP contribution < -0.4 is 4.74 Å². The molecule has 0 N–H and O–H groups in total. The zero-order valence-electron chi connectivity index (χ0n) is 13.8. The normalized spacial score (nSPS) is 10.5. The van der Waals surface area contributed by atoms with Gasteiger partial charge in [0.2, 0.25) is 0 Å². The van der Waals surface area contributed by atoms with Crippen molar-refractivity contribution < 1.29 is 19.2 Å². The summed E-state index contributed by atoms with van der Waals surface area (Å²) in [7, 11) is 0.